The van der Waals surface area contributed by atoms with Crippen molar-refractivity contribution in [2.45, 2.75) is 51.3 Å². The Bertz CT molecular complexity index is 223. The molecule has 17 heavy (non-hydrogen) atoms. The van der Waals surface area contributed by atoms with Crippen molar-refractivity contribution < 1.29 is 9.84 Å². The van der Waals surface area contributed by atoms with Gasteiger partial charge in [-0.05, 0) is 26.3 Å². The molecule has 0 spiro atoms. The van der Waals surface area contributed by atoms with Gasteiger partial charge in [-0.1, -0.05) is 13.8 Å². The maximum Gasteiger partial charge on any atom is 0.0698 e. The zero-order valence-electron chi connectivity index (χ0n) is 11.7. The van der Waals surface area contributed by atoms with Crippen LogP contribution in [0, 0.1) is 0 Å². The molecule has 1 fully saturated rings. The molecule has 1 saturated heterocycles. The number of rotatable bonds is 6. The quantitative estimate of drug-likeness (QED) is 0.727. The number of aliphatic hydroxyl groups excluding tert-OH is 1. The molecule has 102 valence electrons. The van der Waals surface area contributed by atoms with Gasteiger partial charge in [0.25, 0.3) is 0 Å². The van der Waals surface area contributed by atoms with E-state index < -0.39 is 0 Å². The van der Waals surface area contributed by atoms with Crippen molar-refractivity contribution in [3.63, 3.8) is 0 Å². The first-order valence-corrected chi connectivity index (χ1v) is 6.63. The van der Waals surface area contributed by atoms with Crippen molar-refractivity contribution in [1.82, 2.24) is 10.2 Å². The van der Waals surface area contributed by atoms with Crippen molar-refractivity contribution >= 4 is 0 Å². The van der Waals surface area contributed by atoms with Crippen LogP contribution < -0.4 is 5.32 Å². The third-order valence-corrected chi connectivity index (χ3v) is 3.35. The minimum Gasteiger partial charge on any atom is -0.394 e. The van der Waals surface area contributed by atoms with Crippen LogP contribution in [0.2, 0.25) is 0 Å². The Morgan fingerprint density at radius 2 is 2.24 bits per heavy atom. The summed E-state index contributed by atoms with van der Waals surface area (Å²) in [6, 6.07) is 0.384. The Morgan fingerprint density at radius 1 is 1.53 bits per heavy atom. The lowest BCUT2D eigenvalue weighted by Crippen LogP contribution is -2.58. The van der Waals surface area contributed by atoms with E-state index in [-0.39, 0.29) is 12.1 Å². The first-order chi connectivity index (χ1) is 7.99. The predicted molar refractivity (Wildman–Crippen MR) is 70.2 cm³/mol. The van der Waals surface area contributed by atoms with Gasteiger partial charge >= 0.3 is 0 Å². The highest BCUT2D eigenvalue weighted by Gasteiger charge is 2.29. The summed E-state index contributed by atoms with van der Waals surface area (Å²) in [5.74, 6) is 0. The average molecular weight is 244 g/mol. The van der Waals surface area contributed by atoms with E-state index in [2.05, 4.69) is 31.0 Å². The first-order valence-electron chi connectivity index (χ1n) is 6.63. The van der Waals surface area contributed by atoms with E-state index in [0.717, 1.165) is 26.1 Å². The Labute approximate surface area is 105 Å². The summed E-state index contributed by atoms with van der Waals surface area (Å²) in [5, 5.41) is 13.0. The van der Waals surface area contributed by atoms with Crippen LogP contribution in [0.3, 0.4) is 0 Å². The van der Waals surface area contributed by atoms with Gasteiger partial charge in [0, 0.05) is 26.2 Å². The zero-order chi connectivity index (χ0) is 12.9. The number of hydrogen-bond acceptors (Lipinski definition) is 4. The third kappa shape index (κ3) is 4.92. The van der Waals surface area contributed by atoms with E-state index in [0.29, 0.717) is 12.1 Å². The number of methoxy groups -OCH3 is 1. The van der Waals surface area contributed by atoms with E-state index in [9.17, 15) is 5.11 Å². The molecule has 0 aromatic heterocycles. The third-order valence-electron chi connectivity index (χ3n) is 3.35. The molecule has 0 aromatic carbocycles. The maximum absolute atomic E-state index is 9.57. The molecule has 2 unspecified atom stereocenters. The molecule has 0 bridgehead atoms. The number of piperidine rings is 1. The van der Waals surface area contributed by atoms with Gasteiger partial charge in [-0.25, -0.2) is 0 Å². The van der Waals surface area contributed by atoms with Gasteiger partial charge in [0.15, 0.2) is 0 Å². The maximum atomic E-state index is 9.57. The highest BCUT2D eigenvalue weighted by molar-refractivity contribution is 4.89. The Balaban J connectivity index is 2.49. The second-order valence-corrected chi connectivity index (χ2v) is 5.75. The van der Waals surface area contributed by atoms with Gasteiger partial charge in [-0.15, -0.1) is 0 Å². The van der Waals surface area contributed by atoms with Crippen LogP contribution in [0.1, 0.15) is 33.6 Å². The summed E-state index contributed by atoms with van der Waals surface area (Å²) < 4.78 is 5.43. The molecule has 1 rings (SSSR count). The van der Waals surface area contributed by atoms with Crippen LogP contribution in [0.15, 0.2) is 0 Å². The van der Waals surface area contributed by atoms with Crippen LogP contribution in [0.5, 0.6) is 0 Å². The van der Waals surface area contributed by atoms with Gasteiger partial charge in [-0.2, -0.15) is 0 Å². The SMILES string of the molecule is COC1CCCN(CC(C)(CO)NC(C)C)C1. The van der Waals surface area contributed by atoms with Gasteiger partial charge < -0.3 is 15.2 Å². The standard InChI is InChI=1S/C13H28N2O2/c1-11(2)14-13(3,10-16)9-15-7-5-6-12(8-15)17-4/h11-12,14,16H,5-10H2,1-4H3. The molecule has 1 aliphatic heterocycles. The fourth-order valence-electron chi connectivity index (χ4n) is 2.68. The van der Waals surface area contributed by atoms with Crippen molar-refractivity contribution in [1.29, 1.82) is 0 Å². The summed E-state index contributed by atoms with van der Waals surface area (Å²) in [7, 11) is 1.78. The Hall–Kier alpha value is -0.160. The molecule has 0 saturated carbocycles. The summed E-state index contributed by atoms with van der Waals surface area (Å²) in [6.45, 7) is 9.44. The van der Waals surface area contributed by atoms with Crippen molar-refractivity contribution in [2.75, 3.05) is 33.4 Å². The van der Waals surface area contributed by atoms with Gasteiger partial charge in [0.2, 0.25) is 0 Å². The highest BCUT2D eigenvalue weighted by atomic mass is 16.5. The molecule has 1 aliphatic rings. The van der Waals surface area contributed by atoms with E-state index >= 15 is 0 Å². The summed E-state index contributed by atoms with van der Waals surface area (Å²) in [4.78, 5) is 2.39. The monoisotopic (exact) mass is 244 g/mol. The Morgan fingerprint density at radius 3 is 2.76 bits per heavy atom. The lowest BCUT2D eigenvalue weighted by Gasteiger charge is -2.39. The molecular weight excluding hydrogens is 216 g/mol. The molecule has 1 heterocycles. The number of nitrogens with zero attached hydrogens (tertiary/aromatic N) is 1. The Kier molecular flexibility index (Phi) is 5.86. The molecule has 2 atom stereocenters. The number of ether oxygens (including phenoxy) is 1. The fraction of sp³-hybridized carbons (Fsp3) is 1.00. The summed E-state index contributed by atoms with van der Waals surface area (Å²) >= 11 is 0. The van der Waals surface area contributed by atoms with Crippen LogP contribution >= 0.6 is 0 Å². The van der Waals surface area contributed by atoms with Gasteiger partial charge in [0.1, 0.15) is 0 Å². The zero-order valence-corrected chi connectivity index (χ0v) is 11.7. The highest BCUT2D eigenvalue weighted by Crippen LogP contribution is 2.16. The smallest absolute Gasteiger partial charge is 0.0698 e. The lowest BCUT2D eigenvalue weighted by atomic mass is 9.99. The normalized spacial score (nSPS) is 26.1. The summed E-state index contributed by atoms with van der Waals surface area (Å²) in [5.41, 5.74) is -0.218. The number of aliphatic hydroxyl groups is 1. The van der Waals surface area contributed by atoms with E-state index in [4.69, 9.17) is 4.74 Å². The minimum absolute atomic E-state index is 0.166. The molecule has 0 radical (unpaired) electrons. The number of likely N-dealkylation sites (tertiary alicyclic amines) is 1. The number of nitrogens with one attached hydrogen (secondary N) is 1. The topological polar surface area (TPSA) is 44.7 Å². The fourth-order valence-corrected chi connectivity index (χ4v) is 2.68. The molecule has 2 N–H and O–H groups in total. The van der Waals surface area contributed by atoms with Crippen LogP contribution in [0.4, 0.5) is 0 Å². The van der Waals surface area contributed by atoms with E-state index in [1.165, 1.54) is 6.42 Å². The predicted octanol–water partition coefficient (Wildman–Crippen LogP) is 0.846. The van der Waals surface area contributed by atoms with Crippen molar-refractivity contribution in [3.8, 4) is 0 Å². The van der Waals surface area contributed by atoms with Gasteiger partial charge in [-0.3, -0.25) is 4.90 Å². The van der Waals surface area contributed by atoms with Gasteiger partial charge in [0.05, 0.1) is 18.2 Å². The van der Waals surface area contributed by atoms with Crippen molar-refractivity contribution in [2.24, 2.45) is 0 Å². The van der Waals surface area contributed by atoms with Crippen molar-refractivity contribution in [3.05, 3.63) is 0 Å². The van der Waals surface area contributed by atoms with Crippen LogP contribution in [-0.4, -0.2) is 61.0 Å². The first kappa shape index (κ1) is 14.9. The van der Waals surface area contributed by atoms with E-state index in [1.54, 1.807) is 7.11 Å². The molecule has 0 aromatic rings. The summed E-state index contributed by atoms with van der Waals surface area (Å²) in [6.07, 6.45) is 2.69. The number of hydrogen-bond donors (Lipinski definition) is 2. The average Bonchev–Trinajstić information content (AvgIpc) is 2.28. The minimum atomic E-state index is -0.218. The molecule has 4 nitrogen and oxygen atoms in total. The second kappa shape index (κ2) is 6.69. The molecule has 4 heteroatoms. The van der Waals surface area contributed by atoms with Crippen LogP contribution in [-0.2, 0) is 4.74 Å². The second-order valence-electron chi connectivity index (χ2n) is 5.75. The molecular formula is C13H28N2O2. The van der Waals surface area contributed by atoms with Crippen LogP contribution in [0.25, 0.3) is 0 Å². The largest absolute Gasteiger partial charge is 0.394 e. The molecule has 0 amide bonds. The molecule has 0 aliphatic carbocycles. The lowest BCUT2D eigenvalue weighted by molar-refractivity contribution is 0.0142. The van der Waals surface area contributed by atoms with E-state index in [1.807, 2.05) is 0 Å².